The number of methoxy groups -OCH3 is 1. The largest absolute Gasteiger partial charge is 0.493 e. The predicted octanol–water partition coefficient (Wildman–Crippen LogP) is 1.60. The van der Waals surface area contributed by atoms with Crippen LogP contribution in [0, 0.1) is 0 Å². The van der Waals surface area contributed by atoms with E-state index in [4.69, 9.17) is 4.74 Å². The van der Waals surface area contributed by atoms with Crippen LogP contribution in [0.2, 0.25) is 0 Å². The van der Waals surface area contributed by atoms with Gasteiger partial charge in [-0.2, -0.15) is 8.78 Å². The average molecular weight is 349 g/mol. The molecule has 0 radical (unpaired) electrons. The van der Waals surface area contributed by atoms with E-state index in [-0.39, 0.29) is 28.6 Å². The summed E-state index contributed by atoms with van der Waals surface area (Å²) < 4.78 is 57.1. The zero-order chi connectivity index (χ0) is 17.3. The molecule has 2 rings (SSSR count). The van der Waals surface area contributed by atoms with Crippen molar-refractivity contribution >= 4 is 15.7 Å². The first-order chi connectivity index (χ1) is 10.6. The highest BCUT2D eigenvalue weighted by Crippen LogP contribution is 2.30. The third-order valence-corrected chi connectivity index (χ3v) is 5.46. The molecule has 1 N–H and O–H groups in total. The Morgan fingerprint density at radius 3 is 2.57 bits per heavy atom. The summed E-state index contributed by atoms with van der Waals surface area (Å²) in [5, 5.41) is 2.64. The number of hydrogen-bond donors (Lipinski definition) is 1. The van der Waals surface area contributed by atoms with Gasteiger partial charge in [0.15, 0.2) is 21.3 Å². The van der Waals surface area contributed by atoms with Crippen molar-refractivity contribution in [3.05, 3.63) is 23.8 Å². The fourth-order valence-electron chi connectivity index (χ4n) is 2.46. The van der Waals surface area contributed by atoms with Gasteiger partial charge in [0.05, 0.1) is 24.2 Å². The Morgan fingerprint density at radius 2 is 2.04 bits per heavy atom. The minimum atomic E-state index is -3.18. The zero-order valence-corrected chi connectivity index (χ0v) is 13.5. The van der Waals surface area contributed by atoms with E-state index in [1.165, 1.54) is 19.2 Å². The molecule has 1 amide bonds. The van der Waals surface area contributed by atoms with Crippen molar-refractivity contribution in [2.45, 2.75) is 25.5 Å². The number of hydrogen-bond acceptors (Lipinski definition) is 5. The topological polar surface area (TPSA) is 81.7 Å². The highest BCUT2D eigenvalue weighted by Gasteiger charge is 2.39. The summed E-state index contributed by atoms with van der Waals surface area (Å²) in [6.07, 6.45) is 0.303. The fraction of sp³-hybridized carbons (Fsp3) is 0.500. The third kappa shape index (κ3) is 4.31. The van der Waals surface area contributed by atoms with Gasteiger partial charge in [0, 0.05) is 5.56 Å². The van der Waals surface area contributed by atoms with Crippen LogP contribution in [0.4, 0.5) is 8.78 Å². The molecule has 0 aromatic heterocycles. The molecule has 6 nitrogen and oxygen atoms in total. The highest BCUT2D eigenvalue weighted by molar-refractivity contribution is 7.91. The van der Waals surface area contributed by atoms with Crippen LogP contribution < -0.4 is 14.8 Å². The number of carbonyl (C=O) groups is 1. The summed E-state index contributed by atoms with van der Waals surface area (Å²) >= 11 is 0. The minimum Gasteiger partial charge on any atom is -0.493 e. The molecule has 1 fully saturated rings. The average Bonchev–Trinajstić information content (AvgIpc) is 2.71. The second-order valence-corrected chi connectivity index (χ2v) is 7.79. The molecule has 0 bridgehead atoms. The number of nitrogens with one attached hydrogen (secondary N) is 1. The lowest BCUT2D eigenvalue weighted by Gasteiger charge is -2.24. The number of halogens is 2. The number of ether oxygens (including phenoxy) is 2. The fourth-order valence-corrected chi connectivity index (χ4v) is 4.55. The summed E-state index contributed by atoms with van der Waals surface area (Å²) in [4.78, 5) is 12.3. The van der Waals surface area contributed by atoms with Crippen molar-refractivity contribution in [1.82, 2.24) is 5.32 Å². The normalized spacial score (nSPS) is 22.8. The molecule has 0 saturated carbocycles. The second-order valence-electron chi connectivity index (χ2n) is 5.60. The number of amides is 1. The molecule has 1 aromatic carbocycles. The highest BCUT2D eigenvalue weighted by atomic mass is 32.2. The molecule has 1 heterocycles. The number of benzene rings is 1. The van der Waals surface area contributed by atoms with E-state index in [9.17, 15) is 22.0 Å². The smallest absolute Gasteiger partial charge is 0.387 e. The molecule has 1 aliphatic heterocycles. The van der Waals surface area contributed by atoms with E-state index in [1.807, 2.05) is 0 Å². The molecule has 1 atom stereocenters. The van der Waals surface area contributed by atoms with Crippen LogP contribution in [0.3, 0.4) is 0 Å². The predicted molar refractivity (Wildman–Crippen MR) is 78.8 cm³/mol. The van der Waals surface area contributed by atoms with Crippen molar-refractivity contribution in [2.24, 2.45) is 0 Å². The number of rotatable bonds is 5. The molecular weight excluding hydrogens is 332 g/mol. The monoisotopic (exact) mass is 349 g/mol. The molecule has 1 aliphatic rings. The summed E-state index contributed by atoms with van der Waals surface area (Å²) in [6, 6.07) is 3.85. The van der Waals surface area contributed by atoms with E-state index in [0.717, 1.165) is 6.07 Å². The van der Waals surface area contributed by atoms with Gasteiger partial charge in [-0.05, 0) is 31.5 Å². The molecule has 1 saturated heterocycles. The Balaban J connectivity index is 2.19. The van der Waals surface area contributed by atoms with Gasteiger partial charge in [0.25, 0.3) is 5.91 Å². The van der Waals surface area contributed by atoms with Crippen LogP contribution >= 0.6 is 0 Å². The van der Waals surface area contributed by atoms with Gasteiger partial charge >= 0.3 is 6.61 Å². The number of carbonyl (C=O) groups excluding carboxylic acids is 1. The van der Waals surface area contributed by atoms with E-state index >= 15 is 0 Å². The molecule has 0 spiro atoms. The van der Waals surface area contributed by atoms with Gasteiger partial charge < -0.3 is 14.8 Å². The summed E-state index contributed by atoms with van der Waals surface area (Å²) in [6.45, 7) is -1.42. The van der Waals surface area contributed by atoms with Gasteiger partial charge in [0.1, 0.15) is 0 Å². The van der Waals surface area contributed by atoms with E-state index in [2.05, 4.69) is 10.1 Å². The first kappa shape index (κ1) is 17.5. The second kappa shape index (κ2) is 6.31. The molecule has 9 heteroatoms. The molecule has 1 unspecified atom stereocenters. The Kier molecular flexibility index (Phi) is 4.79. The molecule has 128 valence electrons. The van der Waals surface area contributed by atoms with Gasteiger partial charge in [-0.1, -0.05) is 0 Å². The third-order valence-electron chi connectivity index (χ3n) is 3.56. The SMILES string of the molecule is COc1ccc(C(=O)NC2(C)CCS(=O)(=O)C2)cc1OC(F)F. The summed E-state index contributed by atoms with van der Waals surface area (Å²) in [5.41, 5.74) is -0.800. The van der Waals surface area contributed by atoms with E-state index < -0.39 is 27.9 Å². The number of sulfone groups is 1. The minimum absolute atomic E-state index is 0.00609. The van der Waals surface area contributed by atoms with Crippen LogP contribution in [0.1, 0.15) is 23.7 Å². The lowest BCUT2D eigenvalue weighted by molar-refractivity contribution is -0.0512. The lowest BCUT2D eigenvalue weighted by Crippen LogP contribution is -2.46. The van der Waals surface area contributed by atoms with Crippen LogP contribution in [-0.4, -0.2) is 45.1 Å². The van der Waals surface area contributed by atoms with Crippen molar-refractivity contribution in [2.75, 3.05) is 18.6 Å². The molecule has 1 aromatic rings. The van der Waals surface area contributed by atoms with Crippen LogP contribution in [0.15, 0.2) is 18.2 Å². The van der Waals surface area contributed by atoms with Crippen LogP contribution in [0.5, 0.6) is 11.5 Å². The van der Waals surface area contributed by atoms with Gasteiger partial charge in [-0.3, -0.25) is 4.79 Å². The van der Waals surface area contributed by atoms with Crippen LogP contribution in [0.25, 0.3) is 0 Å². The van der Waals surface area contributed by atoms with Crippen molar-refractivity contribution in [3.63, 3.8) is 0 Å². The van der Waals surface area contributed by atoms with Crippen molar-refractivity contribution < 1.29 is 31.5 Å². The van der Waals surface area contributed by atoms with Crippen molar-refractivity contribution in [3.8, 4) is 11.5 Å². The Morgan fingerprint density at radius 1 is 1.35 bits per heavy atom. The van der Waals surface area contributed by atoms with Gasteiger partial charge in [-0.15, -0.1) is 0 Å². The van der Waals surface area contributed by atoms with E-state index in [1.54, 1.807) is 6.92 Å². The Bertz CT molecular complexity index is 707. The standard InChI is InChI=1S/C14H17F2NO5S/c1-14(5-6-23(19,20)8-14)17-12(18)9-3-4-10(21-2)11(7-9)22-13(15)16/h3-4,7,13H,5-6,8H2,1-2H3,(H,17,18). The lowest BCUT2D eigenvalue weighted by atomic mass is 10.0. The first-order valence-electron chi connectivity index (χ1n) is 6.80. The molecule has 0 aliphatic carbocycles. The Labute approximate surface area is 132 Å². The maximum atomic E-state index is 12.4. The maximum absolute atomic E-state index is 12.4. The summed E-state index contributed by atoms with van der Waals surface area (Å²) in [5.74, 6) is -0.906. The van der Waals surface area contributed by atoms with Gasteiger partial charge in [0.2, 0.25) is 0 Å². The Hall–Kier alpha value is -1.90. The molecule has 23 heavy (non-hydrogen) atoms. The van der Waals surface area contributed by atoms with Crippen molar-refractivity contribution in [1.29, 1.82) is 0 Å². The quantitative estimate of drug-likeness (QED) is 0.873. The van der Waals surface area contributed by atoms with Gasteiger partial charge in [-0.25, -0.2) is 8.42 Å². The zero-order valence-electron chi connectivity index (χ0n) is 12.6. The number of alkyl halides is 2. The van der Waals surface area contributed by atoms with Crippen LogP contribution in [-0.2, 0) is 9.84 Å². The van der Waals surface area contributed by atoms with E-state index in [0.29, 0.717) is 6.42 Å². The first-order valence-corrected chi connectivity index (χ1v) is 8.62. The molecular formula is C14H17F2NO5S. The summed E-state index contributed by atoms with van der Waals surface area (Å²) in [7, 11) is -1.89. The maximum Gasteiger partial charge on any atom is 0.387 e.